The molecule has 0 spiro atoms. The molecule has 0 saturated heterocycles. The van der Waals surface area contributed by atoms with Crippen LogP contribution < -0.4 is 10.5 Å². The summed E-state index contributed by atoms with van der Waals surface area (Å²) in [6.45, 7) is 0.490. The first-order valence-corrected chi connectivity index (χ1v) is 9.54. The highest BCUT2D eigenvalue weighted by atomic mass is 16.7. The van der Waals surface area contributed by atoms with Gasteiger partial charge in [-0.25, -0.2) is 9.59 Å². The normalized spacial score (nSPS) is 11.4. The highest BCUT2D eigenvalue weighted by Crippen LogP contribution is 2.15. The largest absolute Gasteiger partial charge is 0.516 e. The molecule has 0 bridgehead atoms. The molecule has 0 aromatic heterocycles. The lowest BCUT2D eigenvalue weighted by atomic mass is 10.1. The summed E-state index contributed by atoms with van der Waals surface area (Å²) in [6, 6.07) is 25.2. The van der Waals surface area contributed by atoms with Crippen molar-refractivity contribution in [1.82, 2.24) is 0 Å². The van der Waals surface area contributed by atoms with Crippen LogP contribution in [-0.4, -0.2) is 18.2 Å². The molecule has 1 atom stereocenters. The molecular formula is C24H23NO5. The van der Waals surface area contributed by atoms with Crippen LogP contribution >= 0.6 is 0 Å². The maximum Gasteiger partial charge on any atom is 0.516 e. The summed E-state index contributed by atoms with van der Waals surface area (Å²) in [6.07, 6.45) is -0.840. The minimum Gasteiger partial charge on any atom is -0.489 e. The van der Waals surface area contributed by atoms with Crippen LogP contribution in [0.15, 0.2) is 84.9 Å². The standard InChI is InChI=1S/C24H23NO5/c25-22(23(26)30-24(27)29-17-20-9-5-2-6-10-20)15-18-11-13-21(14-12-18)28-16-19-7-3-1-4-8-19/h1-14,22H,15-17,25H2. The van der Waals surface area contributed by atoms with Crippen molar-refractivity contribution in [1.29, 1.82) is 0 Å². The molecule has 0 aliphatic heterocycles. The van der Waals surface area contributed by atoms with Crippen LogP contribution in [0.25, 0.3) is 0 Å². The second kappa shape index (κ2) is 10.8. The summed E-state index contributed by atoms with van der Waals surface area (Å²) in [7, 11) is 0. The molecule has 6 nitrogen and oxygen atoms in total. The number of esters is 1. The van der Waals surface area contributed by atoms with Crippen molar-refractivity contribution in [3.8, 4) is 5.75 Å². The zero-order chi connectivity index (χ0) is 21.2. The van der Waals surface area contributed by atoms with Crippen LogP contribution in [0.4, 0.5) is 4.79 Å². The molecule has 0 amide bonds. The van der Waals surface area contributed by atoms with Gasteiger partial charge in [0.15, 0.2) is 0 Å². The molecule has 0 radical (unpaired) electrons. The predicted molar refractivity (Wildman–Crippen MR) is 112 cm³/mol. The summed E-state index contributed by atoms with van der Waals surface area (Å²) in [5.74, 6) is -0.124. The fourth-order valence-electron chi connectivity index (χ4n) is 2.70. The van der Waals surface area contributed by atoms with E-state index in [4.69, 9.17) is 15.2 Å². The molecule has 0 saturated carbocycles. The Morgan fingerprint density at radius 2 is 1.30 bits per heavy atom. The molecule has 6 heteroatoms. The first-order valence-electron chi connectivity index (χ1n) is 9.54. The fourth-order valence-corrected chi connectivity index (χ4v) is 2.70. The smallest absolute Gasteiger partial charge is 0.489 e. The van der Waals surface area contributed by atoms with Gasteiger partial charge in [0.25, 0.3) is 0 Å². The fraction of sp³-hybridized carbons (Fsp3) is 0.167. The zero-order valence-electron chi connectivity index (χ0n) is 16.4. The Morgan fingerprint density at radius 1 is 0.733 bits per heavy atom. The molecule has 2 N–H and O–H groups in total. The van der Waals surface area contributed by atoms with Gasteiger partial charge in [-0.05, 0) is 35.2 Å². The van der Waals surface area contributed by atoms with Crippen LogP contribution in [0, 0.1) is 0 Å². The molecule has 30 heavy (non-hydrogen) atoms. The number of benzene rings is 3. The Hall–Kier alpha value is -3.64. The molecule has 154 valence electrons. The van der Waals surface area contributed by atoms with Crippen molar-refractivity contribution in [2.24, 2.45) is 5.73 Å². The SMILES string of the molecule is NC(Cc1ccc(OCc2ccccc2)cc1)C(=O)OC(=O)OCc1ccccc1. The van der Waals surface area contributed by atoms with Crippen LogP contribution in [0.3, 0.4) is 0 Å². The molecule has 3 rings (SSSR count). The quantitative estimate of drug-likeness (QED) is 0.450. The van der Waals surface area contributed by atoms with Gasteiger partial charge in [0, 0.05) is 0 Å². The van der Waals surface area contributed by atoms with Gasteiger partial charge in [-0.3, -0.25) is 0 Å². The average molecular weight is 405 g/mol. The maximum atomic E-state index is 12.0. The average Bonchev–Trinajstić information content (AvgIpc) is 2.78. The predicted octanol–water partition coefficient (Wildman–Crippen LogP) is 4.02. The lowest BCUT2D eigenvalue weighted by molar-refractivity contribution is -0.141. The van der Waals surface area contributed by atoms with E-state index >= 15 is 0 Å². The number of hydrogen-bond donors (Lipinski definition) is 1. The molecule has 3 aromatic carbocycles. The number of carbonyl (C=O) groups excluding carboxylic acids is 2. The first kappa shape index (κ1) is 21.1. The summed E-state index contributed by atoms with van der Waals surface area (Å²) >= 11 is 0. The number of rotatable bonds is 8. The van der Waals surface area contributed by atoms with Gasteiger partial charge in [-0.1, -0.05) is 72.8 Å². The summed E-state index contributed by atoms with van der Waals surface area (Å²) in [5.41, 5.74) is 8.55. The van der Waals surface area contributed by atoms with E-state index in [9.17, 15) is 9.59 Å². The third-order valence-electron chi connectivity index (χ3n) is 4.31. The lowest BCUT2D eigenvalue weighted by Gasteiger charge is -2.11. The molecule has 0 aliphatic rings. The maximum absolute atomic E-state index is 12.0. The van der Waals surface area contributed by atoms with Gasteiger partial charge < -0.3 is 19.9 Å². The Kier molecular flexibility index (Phi) is 7.58. The molecule has 3 aromatic rings. The summed E-state index contributed by atoms with van der Waals surface area (Å²) in [5, 5.41) is 0. The third kappa shape index (κ3) is 6.76. The van der Waals surface area contributed by atoms with Crippen molar-refractivity contribution in [3.63, 3.8) is 0 Å². The van der Waals surface area contributed by atoms with Gasteiger partial charge in [0.1, 0.15) is 25.0 Å². The van der Waals surface area contributed by atoms with E-state index in [2.05, 4.69) is 4.74 Å². The van der Waals surface area contributed by atoms with Gasteiger partial charge in [-0.15, -0.1) is 0 Å². The molecular weight excluding hydrogens is 382 g/mol. The number of nitrogens with two attached hydrogens (primary N) is 1. The molecule has 0 heterocycles. The summed E-state index contributed by atoms with van der Waals surface area (Å²) < 4.78 is 15.3. The van der Waals surface area contributed by atoms with E-state index in [-0.39, 0.29) is 13.0 Å². The Morgan fingerprint density at radius 3 is 1.90 bits per heavy atom. The minimum atomic E-state index is -1.07. The highest BCUT2D eigenvalue weighted by Gasteiger charge is 2.20. The monoisotopic (exact) mass is 405 g/mol. The highest BCUT2D eigenvalue weighted by molar-refractivity contribution is 5.85. The molecule has 1 unspecified atom stereocenters. The first-order chi connectivity index (χ1) is 14.6. The topological polar surface area (TPSA) is 87.9 Å². The van der Waals surface area contributed by atoms with Crippen molar-refractivity contribution in [2.75, 3.05) is 0 Å². The Labute approximate surface area is 175 Å². The van der Waals surface area contributed by atoms with Gasteiger partial charge in [0.05, 0.1) is 0 Å². The van der Waals surface area contributed by atoms with E-state index in [1.807, 2.05) is 72.8 Å². The van der Waals surface area contributed by atoms with Crippen LogP contribution in [-0.2, 0) is 33.9 Å². The second-order valence-corrected chi connectivity index (χ2v) is 6.67. The van der Waals surface area contributed by atoms with Gasteiger partial charge in [0.2, 0.25) is 0 Å². The van der Waals surface area contributed by atoms with E-state index in [1.54, 1.807) is 12.1 Å². The minimum absolute atomic E-state index is 0.0205. The Bertz CT molecular complexity index is 942. The number of carbonyl (C=O) groups is 2. The van der Waals surface area contributed by atoms with Crippen molar-refractivity contribution in [3.05, 3.63) is 102 Å². The van der Waals surface area contributed by atoms with Crippen molar-refractivity contribution >= 4 is 12.1 Å². The number of hydrogen-bond acceptors (Lipinski definition) is 6. The zero-order valence-corrected chi connectivity index (χ0v) is 16.4. The van der Waals surface area contributed by atoms with Crippen LogP contribution in [0.1, 0.15) is 16.7 Å². The summed E-state index contributed by atoms with van der Waals surface area (Å²) in [4.78, 5) is 23.7. The van der Waals surface area contributed by atoms with E-state index in [0.29, 0.717) is 12.4 Å². The van der Waals surface area contributed by atoms with Crippen LogP contribution in [0.5, 0.6) is 5.75 Å². The molecule has 0 fully saturated rings. The third-order valence-corrected chi connectivity index (χ3v) is 4.31. The van der Waals surface area contributed by atoms with Gasteiger partial charge >= 0.3 is 12.1 Å². The van der Waals surface area contributed by atoms with Crippen LogP contribution in [0.2, 0.25) is 0 Å². The molecule has 0 aliphatic carbocycles. The number of ether oxygens (including phenoxy) is 3. The van der Waals surface area contributed by atoms with Gasteiger partial charge in [-0.2, -0.15) is 0 Å². The Balaban J connectivity index is 1.42. The van der Waals surface area contributed by atoms with Crippen molar-refractivity contribution in [2.45, 2.75) is 25.7 Å². The van der Waals surface area contributed by atoms with E-state index < -0.39 is 18.2 Å². The lowest BCUT2D eigenvalue weighted by Crippen LogP contribution is -2.35. The van der Waals surface area contributed by atoms with Crippen molar-refractivity contribution < 1.29 is 23.8 Å². The van der Waals surface area contributed by atoms with E-state index in [0.717, 1.165) is 16.7 Å². The second-order valence-electron chi connectivity index (χ2n) is 6.67. The van der Waals surface area contributed by atoms with E-state index in [1.165, 1.54) is 0 Å².